The van der Waals surface area contributed by atoms with Crippen LogP contribution in [0.5, 0.6) is 0 Å². The van der Waals surface area contributed by atoms with Gasteiger partial charge in [-0.1, -0.05) is 27.7 Å². The van der Waals surface area contributed by atoms with Crippen LogP contribution in [-0.4, -0.2) is 49.6 Å². The van der Waals surface area contributed by atoms with Crippen LogP contribution < -0.4 is 10.6 Å². The highest BCUT2D eigenvalue weighted by atomic mass is 15.2. The number of aliphatic imine (C=N–C) groups is 1. The summed E-state index contributed by atoms with van der Waals surface area (Å²) in [4.78, 5) is 7.24. The van der Waals surface area contributed by atoms with Crippen molar-refractivity contribution >= 4 is 5.96 Å². The van der Waals surface area contributed by atoms with Gasteiger partial charge in [-0.2, -0.15) is 0 Å². The van der Waals surface area contributed by atoms with Gasteiger partial charge in [-0.05, 0) is 39.3 Å². The van der Waals surface area contributed by atoms with Gasteiger partial charge in [0, 0.05) is 19.1 Å². The Labute approximate surface area is 120 Å². The summed E-state index contributed by atoms with van der Waals surface area (Å²) in [7, 11) is 0. The van der Waals surface area contributed by atoms with E-state index in [1.54, 1.807) is 0 Å². The van der Waals surface area contributed by atoms with E-state index in [1.807, 2.05) is 0 Å². The van der Waals surface area contributed by atoms with Crippen LogP contribution in [-0.2, 0) is 0 Å². The van der Waals surface area contributed by atoms with Crippen LogP contribution in [0, 0.1) is 5.92 Å². The summed E-state index contributed by atoms with van der Waals surface area (Å²) in [6.07, 6.45) is 1.21. The Bertz CT molecular complexity index is 226. The SMILES string of the molecule is CCNC(=NCC(CC(C)C)N(CC)CC)NCC. The molecule has 0 amide bonds. The predicted octanol–water partition coefficient (Wildman–Crippen LogP) is 2.32. The second kappa shape index (κ2) is 11.1. The van der Waals surface area contributed by atoms with Gasteiger partial charge >= 0.3 is 0 Å². The van der Waals surface area contributed by atoms with E-state index in [1.165, 1.54) is 6.42 Å². The maximum absolute atomic E-state index is 4.73. The quantitative estimate of drug-likeness (QED) is 0.499. The largest absolute Gasteiger partial charge is 0.357 e. The molecule has 4 nitrogen and oxygen atoms in total. The van der Waals surface area contributed by atoms with E-state index in [4.69, 9.17) is 4.99 Å². The van der Waals surface area contributed by atoms with Gasteiger partial charge in [-0.3, -0.25) is 9.89 Å². The molecule has 0 saturated heterocycles. The first-order valence-corrected chi connectivity index (χ1v) is 7.85. The molecule has 1 atom stereocenters. The fourth-order valence-electron chi connectivity index (χ4n) is 2.33. The van der Waals surface area contributed by atoms with Crippen molar-refractivity contribution in [3.05, 3.63) is 0 Å². The molecule has 114 valence electrons. The first-order chi connectivity index (χ1) is 9.08. The van der Waals surface area contributed by atoms with Crippen molar-refractivity contribution in [2.45, 2.75) is 54.0 Å². The van der Waals surface area contributed by atoms with E-state index in [2.05, 4.69) is 57.1 Å². The van der Waals surface area contributed by atoms with E-state index in [0.29, 0.717) is 12.0 Å². The Kier molecular flexibility index (Phi) is 10.6. The molecule has 19 heavy (non-hydrogen) atoms. The number of likely N-dealkylation sites (N-methyl/N-ethyl adjacent to an activating group) is 1. The monoisotopic (exact) mass is 270 g/mol. The molecule has 2 N–H and O–H groups in total. The summed E-state index contributed by atoms with van der Waals surface area (Å²) >= 11 is 0. The van der Waals surface area contributed by atoms with Crippen molar-refractivity contribution in [2.75, 3.05) is 32.7 Å². The standard InChI is InChI=1S/C15H34N4/c1-7-16-15(17-8-2)18-12-14(11-13(5)6)19(9-3)10-4/h13-14H,7-12H2,1-6H3,(H2,16,17,18). The van der Waals surface area contributed by atoms with E-state index in [9.17, 15) is 0 Å². The van der Waals surface area contributed by atoms with Gasteiger partial charge in [0.25, 0.3) is 0 Å². The third-order valence-corrected chi connectivity index (χ3v) is 3.22. The fraction of sp³-hybridized carbons (Fsp3) is 0.933. The second-order valence-electron chi connectivity index (χ2n) is 5.25. The van der Waals surface area contributed by atoms with Gasteiger partial charge in [-0.25, -0.2) is 0 Å². The molecular formula is C15H34N4. The maximum atomic E-state index is 4.73. The molecule has 0 aromatic carbocycles. The third kappa shape index (κ3) is 8.09. The highest BCUT2D eigenvalue weighted by Crippen LogP contribution is 2.12. The average molecular weight is 270 g/mol. The van der Waals surface area contributed by atoms with E-state index >= 15 is 0 Å². The molecule has 0 aliphatic carbocycles. The highest BCUT2D eigenvalue weighted by molar-refractivity contribution is 5.79. The van der Waals surface area contributed by atoms with Crippen LogP contribution in [0.2, 0.25) is 0 Å². The van der Waals surface area contributed by atoms with Gasteiger partial charge in [0.15, 0.2) is 5.96 Å². The Morgan fingerprint density at radius 1 is 1.00 bits per heavy atom. The summed E-state index contributed by atoms with van der Waals surface area (Å²) in [6, 6.07) is 0.544. The topological polar surface area (TPSA) is 39.7 Å². The smallest absolute Gasteiger partial charge is 0.191 e. The minimum atomic E-state index is 0.544. The summed E-state index contributed by atoms with van der Waals surface area (Å²) in [5, 5.41) is 6.58. The lowest BCUT2D eigenvalue weighted by atomic mass is 10.0. The summed E-state index contributed by atoms with van der Waals surface area (Å²) in [5.41, 5.74) is 0. The lowest BCUT2D eigenvalue weighted by Crippen LogP contribution is -2.41. The number of nitrogens with one attached hydrogen (secondary N) is 2. The second-order valence-corrected chi connectivity index (χ2v) is 5.25. The Balaban J connectivity index is 4.63. The number of nitrogens with zero attached hydrogens (tertiary/aromatic N) is 2. The van der Waals surface area contributed by atoms with Crippen molar-refractivity contribution in [1.82, 2.24) is 15.5 Å². The third-order valence-electron chi connectivity index (χ3n) is 3.22. The molecule has 0 spiro atoms. The van der Waals surface area contributed by atoms with Crippen LogP contribution in [0.1, 0.15) is 48.0 Å². The Hall–Kier alpha value is -0.770. The molecule has 0 rings (SSSR count). The Morgan fingerprint density at radius 3 is 1.89 bits per heavy atom. The maximum Gasteiger partial charge on any atom is 0.191 e. The van der Waals surface area contributed by atoms with Crippen LogP contribution in [0.4, 0.5) is 0 Å². The first-order valence-electron chi connectivity index (χ1n) is 7.85. The van der Waals surface area contributed by atoms with E-state index in [-0.39, 0.29) is 0 Å². The number of hydrogen-bond acceptors (Lipinski definition) is 2. The molecule has 0 saturated carbocycles. The molecule has 0 aromatic heterocycles. The molecule has 4 heteroatoms. The molecular weight excluding hydrogens is 236 g/mol. The van der Waals surface area contributed by atoms with Crippen LogP contribution in [0.3, 0.4) is 0 Å². The van der Waals surface area contributed by atoms with Crippen molar-refractivity contribution in [1.29, 1.82) is 0 Å². The van der Waals surface area contributed by atoms with Crippen LogP contribution >= 0.6 is 0 Å². The van der Waals surface area contributed by atoms with Gasteiger partial charge < -0.3 is 10.6 Å². The van der Waals surface area contributed by atoms with Crippen LogP contribution in [0.25, 0.3) is 0 Å². The Morgan fingerprint density at radius 2 is 1.53 bits per heavy atom. The molecule has 1 unspecified atom stereocenters. The minimum Gasteiger partial charge on any atom is -0.357 e. The number of hydrogen-bond donors (Lipinski definition) is 2. The number of rotatable bonds is 9. The average Bonchev–Trinajstić information content (AvgIpc) is 2.36. The van der Waals surface area contributed by atoms with Crippen molar-refractivity contribution in [3.63, 3.8) is 0 Å². The predicted molar refractivity (Wildman–Crippen MR) is 85.8 cm³/mol. The molecule has 0 fully saturated rings. The molecule has 0 aromatic rings. The summed E-state index contributed by atoms with van der Waals surface area (Å²) in [6.45, 7) is 18.1. The van der Waals surface area contributed by atoms with Gasteiger partial charge in [-0.15, -0.1) is 0 Å². The van der Waals surface area contributed by atoms with Gasteiger partial charge in [0.1, 0.15) is 0 Å². The molecule has 0 radical (unpaired) electrons. The normalized spacial score (nSPS) is 12.6. The molecule has 0 bridgehead atoms. The lowest BCUT2D eigenvalue weighted by molar-refractivity contribution is 0.196. The molecule has 0 aliphatic rings. The van der Waals surface area contributed by atoms with Gasteiger partial charge in [0.05, 0.1) is 6.54 Å². The van der Waals surface area contributed by atoms with Crippen LogP contribution in [0.15, 0.2) is 4.99 Å². The van der Waals surface area contributed by atoms with Crippen molar-refractivity contribution in [2.24, 2.45) is 10.9 Å². The van der Waals surface area contributed by atoms with E-state index in [0.717, 1.165) is 38.7 Å². The highest BCUT2D eigenvalue weighted by Gasteiger charge is 2.16. The van der Waals surface area contributed by atoms with Gasteiger partial charge in [0.2, 0.25) is 0 Å². The zero-order valence-electron chi connectivity index (χ0n) is 13.8. The lowest BCUT2D eigenvalue weighted by Gasteiger charge is -2.30. The molecule has 0 aliphatic heterocycles. The van der Waals surface area contributed by atoms with E-state index < -0.39 is 0 Å². The number of guanidine groups is 1. The molecule has 0 heterocycles. The fourth-order valence-corrected chi connectivity index (χ4v) is 2.33. The van der Waals surface area contributed by atoms with Crippen molar-refractivity contribution < 1.29 is 0 Å². The summed E-state index contributed by atoms with van der Waals surface area (Å²) in [5.74, 6) is 1.65. The summed E-state index contributed by atoms with van der Waals surface area (Å²) < 4.78 is 0. The van der Waals surface area contributed by atoms with Crippen molar-refractivity contribution in [3.8, 4) is 0 Å². The first kappa shape index (κ1) is 18.2. The zero-order valence-corrected chi connectivity index (χ0v) is 13.8. The minimum absolute atomic E-state index is 0.544. The zero-order chi connectivity index (χ0) is 14.7.